The summed E-state index contributed by atoms with van der Waals surface area (Å²) in [7, 11) is 0. The number of hydrazone groups is 1. The van der Waals surface area contributed by atoms with Gasteiger partial charge in [0.25, 0.3) is 5.91 Å². The fraction of sp³-hybridized carbons (Fsp3) is 0.0769. The van der Waals surface area contributed by atoms with Crippen LogP contribution in [0, 0.1) is 0 Å². The average molecular weight is 244 g/mol. The highest BCUT2D eigenvalue weighted by molar-refractivity contribution is 5.81. The molecule has 0 saturated heterocycles. The molecular formula is C13H12N2O3. The van der Waals surface area contributed by atoms with Gasteiger partial charge in [0.1, 0.15) is 11.5 Å². The topological polar surface area (TPSA) is 63.8 Å². The van der Waals surface area contributed by atoms with Gasteiger partial charge in [0.05, 0.1) is 12.5 Å². The minimum Gasteiger partial charge on any atom is -0.484 e. The molecule has 0 spiro atoms. The number of carbonyl (C=O) groups is 1. The maximum Gasteiger partial charge on any atom is 0.277 e. The normalized spacial score (nSPS) is 10.4. The SMILES string of the molecule is O=C(COc1ccccc1)N/N=C\c1ccco1. The predicted octanol–water partition coefficient (Wildman–Crippen LogP) is 1.81. The number of furan rings is 1. The highest BCUT2D eigenvalue weighted by Crippen LogP contribution is 2.07. The molecule has 92 valence electrons. The molecule has 5 nitrogen and oxygen atoms in total. The number of amides is 1. The molecule has 2 rings (SSSR count). The zero-order valence-corrected chi connectivity index (χ0v) is 9.58. The minimum atomic E-state index is -0.332. The van der Waals surface area contributed by atoms with Gasteiger partial charge < -0.3 is 9.15 Å². The zero-order valence-electron chi connectivity index (χ0n) is 9.58. The molecule has 2 aromatic rings. The Morgan fingerprint density at radius 1 is 1.28 bits per heavy atom. The number of benzene rings is 1. The van der Waals surface area contributed by atoms with Crippen LogP contribution in [0.1, 0.15) is 5.76 Å². The van der Waals surface area contributed by atoms with Gasteiger partial charge in [-0.1, -0.05) is 18.2 Å². The van der Waals surface area contributed by atoms with Crippen LogP contribution in [0.15, 0.2) is 58.2 Å². The zero-order chi connectivity index (χ0) is 12.6. The largest absolute Gasteiger partial charge is 0.484 e. The lowest BCUT2D eigenvalue weighted by molar-refractivity contribution is -0.123. The van der Waals surface area contributed by atoms with Crippen molar-refractivity contribution in [3.8, 4) is 5.75 Å². The van der Waals surface area contributed by atoms with Crippen LogP contribution in [0.5, 0.6) is 5.75 Å². The summed E-state index contributed by atoms with van der Waals surface area (Å²) in [5.41, 5.74) is 2.34. The molecule has 0 atom stereocenters. The van der Waals surface area contributed by atoms with Crippen LogP contribution in [0.25, 0.3) is 0 Å². The van der Waals surface area contributed by atoms with E-state index in [1.807, 2.05) is 18.2 Å². The highest BCUT2D eigenvalue weighted by atomic mass is 16.5. The molecule has 18 heavy (non-hydrogen) atoms. The van der Waals surface area contributed by atoms with E-state index in [1.54, 1.807) is 24.3 Å². The monoisotopic (exact) mass is 244 g/mol. The minimum absolute atomic E-state index is 0.0838. The van der Waals surface area contributed by atoms with Gasteiger partial charge in [0, 0.05) is 0 Å². The second kappa shape index (κ2) is 6.24. The van der Waals surface area contributed by atoms with Crippen molar-refractivity contribution < 1.29 is 13.9 Å². The van der Waals surface area contributed by atoms with Gasteiger partial charge in [-0.05, 0) is 24.3 Å². The first-order valence-corrected chi connectivity index (χ1v) is 5.38. The number of rotatable bonds is 5. The van der Waals surface area contributed by atoms with E-state index >= 15 is 0 Å². The van der Waals surface area contributed by atoms with E-state index in [9.17, 15) is 4.79 Å². The summed E-state index contributed by atoms with van der Waals surface area (Å²) in [6, 6.07) is 12.6. The summed E-state index contributed by atoms with van der Waals surface area (Å²) in [5, 5.41) is 3.73. The maximum absolute atomic E-state index is 11.4. The first-order valence-electron chi connectivity index (χ1n) is 5.38. The molecule has 0 unspecified atom stereocenters. The summed E-state index contributed by atoms with van der Waals surface area (Å²) < 4.78 is 10.3. The number of nitrogens with zero attached hydrogens (tertiary/aromatic N) is 1. The molecule has 1 amide bonds. The summed E-state index contributed by atoms with van der Waals surface area (Å²) in [6.45, 7) is -0.0838. The third kappa shape index (κ3) is 3.79. The number of hydrogen-bond donors (Lipinski definition) is 1. The Labute approximate surface area is 104 Å². The molecule has 1 aromatic carbocycles. The van der Waals surface area contributed by atoms with Crippen molar-refractivity contribution in [1.82, 2.24) is 5.43 Å². The van der Waals surface area contributed by atoms with Crippen LogP contribution in [0.2, 0.25) is 0 Å². The third-order valence-corrected chi connectivity index (χ3v) is 2.04. The first kappa shape index (κ1) is 11.9. The Balaban J connectivity index is 1.73. The summed E-state index contributed by atoms with van der Waals surface area (Å²) in [5.74, 6) is 0.878. The van der Waals surface area contributed by atoms with Gasteiger partial charge in [0.2, 0.25) is 0 Å². The summed E-state index contributed by atoms with van der Waals surface area (Å²) in [6.07, 6.45) is 2.95. The summed E-state index contributed by atoms with van der Waals surface area (Å²) >= 11 is 0. The van der Waals surface area contributed by atoms with Crippen LogP contribution in [-0.4, -0.2) is 18.7 Å². The predicted molar refractivity (Wildman–Crippen MR) is 66.4 cm³/mol. The van der Waals surface area contributed by atoms with Crippen molar-refractivity contribution in [1.29, 1.82) is 0 Å². The third-order valence-electron chi connectivity index (χ3n) is 2.04. The fourth-order valence-corrected chi connectivity index (χ4v) is 1.23. The number of para-hydroxylation sites is 1. The molecule has 0 saturated carbocycles. The van der Waals surface area contributed by atoms with Gasteiger partial charge in [-0.25, -0.2) is 5.43 Å². The van der Waals surface area contributed by atoms with Gasteiger partial charge in [-0.15, -0.1) is 0 Å². The van der Waals surface area contributed by atoms with E-state index in [1.165, 1.54) is 12.5 Å². The van der Waals surface area contributed by atoms with Crippen LogP contribution < -0.4 is 10.2 Å². The Morgan fingerprint density at radius 2 is 2.11 bits per heavy atom. The van der Waals surface area contributed by atoms with Crippen LogP contribution in [0.4, 0.5) is 0 Å². The van der Waals surface area contributed by atoms with E-state index < -0.39 is 0 Å². The standard InChI is InChI=1S/C13H12N2O3/c16-13(10-18-11-5-2-1-3-6-11)15-14-9-12-7-4-8-17-12/h1-9H,10H2,(H,15,16)/b14-9-. The van der Waals surface area contributed by atoms with Crippen LogP contribution in [0.3, 0.4) is 0 Å². The van der Waals surface area contributed by atoms with E-state index in [-0.39, 0.29) is 12.5 Å². The molecule has 1 heterocycles. The van der Waals surface area contributed by atoms with E-state index in [4.69, 9.17) is 9.15 Å². The first-order chi connectivity index (χ1) is 8.84. The van der Waals surface area contributed by atoms with Gasteiger partial charge >= 0.3 is 0 Å². The van der Waals surface area contributed by atoms with Crippen molar-refractivity contribution in [3.63, 3.8) is 0 Å². The van der Waals surface area contributed by atoms with Crippen LogP contribution >= 0.6 is 0 Å². The quantitative estimate of drug-likeness (QED) is 0.644. The van der Waals surface area contributed by atoms with Crippen molar-refractivity contribution in [2.24, 2.45) is 5.10 Å². The number of carbonyl (C=O) groups excluding carboxylic acids is 1. The maximum atomic E-state index is 11.4. The average Bonchev–Trinajstić information content (AvgIpc) is 2.91. The number of ether oxygens (including phenoxy) is 1. The number of hydrogen-bond acceptors (Lipinski definition) is 4. The Morgan fingerprint density at radius 3 is 2.83 bits per heavy atom. The Kier molecular flexibility index (Phi) is 4.13. The smallest absolute Gasteiger partial charge is 0.277 e. The molecule has 0 radical (unpaired) electrons. The van der Waals surface area contributed by atoms with Crippen LogP contribution in [-0.2, 0) is 4.79 Å². The molecule has 1 N–H and O–H groups in total. The van der Waals surface area contributed by atoms with E-state index in [0.29, 0.717) is 11.5 Å². The highest BCUT2D eigenvalue weighted by Gasteiger charge is 2.00. The molecule has 5 heteroatoms. The van der Waals surface area contributed by atoms with Crippen molar-refractivity contribution in [2.75, 3.05) is 6.61 Å². The van der Waals surface area contributed by atoms with Gasteiger partial charge in [-0.2, -0.15) is 5.10 Å². The van der Waals surface area contributed by atoms with E-state index in [0.717, 1.165) is 0 Å². The Hall–Kier alpha value is -2.56. The van der Waals surface area contributed by atoms with Gasteiger partial charge in [0.15, 0.2) is 6.61 Å². The number of nitrogens with one attached hydrogen (secondary N) is 1. The molecule has 0 bridgehead atoms. The van der Waals surface area contributed by atoms with Gasteiger partial charge in [-0.3, -0.25) is 4.79 Å². The summed E-state index contributed by atoms with van der Waals surface area (Å²) in [4.78, 5) is 11.4. The lowest BCUT2D eigenvalue weighted by Crippen LogP contribution is -2.24. The molecule has 0 aliphatic heterocycles. The second-order valence-electron chi connectivity index (χ2n) is 3.41. The molecule has 1 aromatic heterocycles. The lowest BCUT2D eigenvalue weighted by atomic mass is 10.3. The second-order valence-corrected chi connectivity index (χ2v) is 3.41. The fourth-order valence-electron chi connectivity index (χ4n) is 1.23. The molecular weight excluding hydrogens is 232 g/mol. The van der Waals surface area contributed by atoms with Crippen molar-refractivity contribution in [3.05, 3.63) is 54.5 Å². The molecule has 0 aliphatic rings. The van der Waals surface area contributed by atoms with E-state index in [2.05, 4.69) is 10.5 Å². The molecule has 0 aliphatic carbocycles. The van der Waals surface area contributed by atoms with Crippen molar-refractivity contribution in [2.45, 2.75) is 0 Å². The van der Waals surface area contributed by atoms with Crippen molar-refractivity contribution >= 4 is 12.1 Å². The Bertz CT molecular complexity index is 506. The lowest BCUT2D eigenvalue weighted by Gasteiger charge is -2.03. The molecule has 0 fully saturated rings.